The van der Waals surface area contributed by atoms with Crippen molar-refractivity contribution in [2.24, 2.45) is 11.8 Å². The maximum atomic E-state index is 12.2. The number of fused-ring (bicyclic) bond motifs is 1. The van der Waals surface area contributed by atoms with Crippen LogP contribution in [0.1, 0.15) is 32.1 Å². The Bertz CT molecular complexity index is 564. The summed E-state index contributed by atoms with van der Waals surface area (Å²) >= 11 is 0. The molecule has 0 aromatic carbocycles. The maximum Gasteiger partial charge on any atom is 0.326 e. The zero-order valence-electron chi connectivity index (χ0n) is 13.1. The zero-order valence-corrected chi connectivity index (χ0v) is 13.9. The van der Waals surface area contributed by atoms with E-state index in [2.05, 4.69) is 4.72 Å². The van der Waals surface area contributed by atoms with Crippen LogP contribution in [-0.4, -0.2) is 57.1 Å². The summed E-state index contributed by atoms with van der Waals surface area (Å²) in [5.41, 5.74) is 0. The van der Waals surface area contributed by atoms with Crippen molar-refractivity contribution < 1.29 is 27.5 Å². The van der Waals surface area contributed by atoms with E-state index in [1.165, 1.54) is 7.05 Å². The molecule has 0 radical (unpaired) electrons. The third kappa shape index (κ3) is 4.29. The molecule has 0 spiro atoms. The smallest absolute Gasteiger partial charge is 0.326 e. The lowest BCUT2D eigenvalue weighted by Gasteiger charge is -2.19. The number of esters is 1. The van der Waals surface area contributed by atoms with Crippen LogP contribution in [0, 0.1) is 11.8 Å². The van der Waals surface area contributed by atoms with Crippen molar-refractivity contribution in [1.29, 1.82) is 0 Å². The van der Waals surface area contributed by atoms with E-state index < -0.39 is 16.0 Å². The first-order valence-corrected chi connectivity index (χ1v) is 9.43. The molecular weight excluding hydrogens is 324 g/mol. The highest BCUT2D eigenvalue weighted by Crippen LogP contribution is 2.37. The van der Waals surface area contributed by atoms with Crippen molar-refractivity contribution in [3.05, 3.63) is 0 Å². The number of imide groups is 1. The Hall–Kier alpha value is -1.48. The van der Waals surface area contributed by atoms with Gasteiger partial charge in [-0.1, -0.05) is 12.8 Å². The summed E-state index contributed by atoms with van der Waals surface area (Å²) in [6.07, 6.45) is 3.41. The molecule has 2 atom stereocenters. The average Bonchev–Trinajstić information content (AvgIpc) is 2.77. The van der Waals surface area contributed by atoms with Crippen molar-refractivity contribution in [3.63, 3.8) is 0 Å². The number of nitrogens with zero attached hydrogens (tertiary/aromatic N) is 1. The molecule has 0 aromatic rings. The van der Waals surface area contributed by atoms with Gasteiger partial charge in [-0.05, 0) is 26.3 Å². The second-order valence-electron chi connectivity index (χ2n) is 5.86. The van der Waals surface area contributed by atoms with Crippen molar-refractivity contribution in [2.75, 3.05) is 26.0 Å². The van der Waals surface area contributed by atoms with E-state index in [0.29, 0.717) is 12.8 Å². The monoisotopic (exact) mass is 346 g/mol. The topological polar surface area (TPSA) is 110 Å². The van der Waals surface area contributed by atoms with Gasteiger partial charge >= 0.3 is 5.97 Å². The molecule has 2 rings (SSSR count). The van der Waals surface area contributed by atoms with E-state index >= 15 is 0 Å². The third-order valence-electron chi connectivity index (χ3n) is 4.35. The number of hydrogen-bond donors (Lipinski definition) is 1. The minimum Gasteiger partial charge on any atom is -0.464 e. The minimum atomic E-state index is -3.33. The third-order valence-corrected chi connectivity index (χ3v) is 5.80. The summed E-state index contributed by atoms with van der Waals surface area (Å²) in [4.78, 5) is 37.1. The first-order chi connectivity index (χ1) is 10.9. The van der Waals surface area contributed by atoms with Crippen molar-refractivity contribution in [1.82, 2.24) is 9.62 Å². The van der Waals surface area contributed by atoms with E-state index in [9.17, 15) is 22.8 Å². The molecule has 23 heavy (non-hydrogen) atoms. The first kappa shape index (κ1) is 17.9. The van der Waals surface area contributed by atoms with Gasteiger partial charge < -0.3 is 4.74 Å². The molecule has 1 N–H and O–H groups in total. The molecular formula is C14H22N2O6S. The van der Waals surface area contributed by atoms with Crippen LogP contribution in [-0.2, 0) is 29.1 Å². The van der Waals surface area contributed by atoms with Crippen LogP contribution in [0.2, 0.25) is 0 Å². The second-order valence-corrected chi connectivity index (χ2v) is 7.90. The predicted molar refractivity (Wildman–Crippen MR) is 80.6 cm³/mol. The van der Waals surface area contributed by atoms with Gasteiger partial charge in [-0.2, -0.15) is 0 Å². The Balaban J connectivity index is 1.79. The standard InChI is InChI=1S/C14H22N2O6S/c1-15-23(20,21)8-4-7-22-12(17)9-16-13(18)10-5-2-3-6-11(10)14(16)19/h10-11,15H,2-9H2,1H3/t10-,11-/m1/s1. The molecule has 1 saturated carbocycles. The minimum absolute atomic E-state index is 0.0666. The van der Waals surface area contributed by atoms with Crippen molar-refractivity contribution in [2.45, 2.75) is 32.1 Å². The summed E-state index contributed by atoms with van der Waals surface area (Å²) in [6.45, 7) is -0.452. The highest BCUT2D eigenvalue weighted by molar-refractivity contribution is 7.89. The Morgan fingerprint density at radius 1 is 1.22 bits per heavy atom. The number of amides is 2. The molecule has 8 nitrogen and oxygen atoms in total. The Kier molecular flexibility index (Phi) is 5.74. The highest BCUT2D eigenvalue weighted by Gasteiger charge is 2.48. The quantitative estimate of drug-likeness (QED) is 0.383. The second kappa shape index (κ2) is 7.39. The molecule has 1 heterocycles. The van der Waals surface area contributed by atoms with Crippen LogP contribution in [0.25, 0.3) is 0 Å². The Morgan fingerprint density at radius 3 is 2.30 bits per heavy atom. The SMILES string of the molecule is CNS(=O)(=O)CCCOC(=O)CN1C(=O)[C@@H]2CCCC[C@H]2C1=O. The number of carbonyl (C=O) groups is 3. The molecule has 1 aliphatic heterocycles. The van der Waals surface area contributed by atoms with Gasteiger partial charge in [-0.15, -0.1) is 0 Å². The fraction of sp³-hybridized carbons (Fsp3) is 0.786. The Morgan fingerprint density at radius 2 is 1.78 bits per heavy atom. The van der Waals surface area contributed by atoms with Gasteiger partial charge in [0.1, 0.15) is 6.54 Å². The van der Waals surface area contributed by atoms with E-state index in [4.69, 9.17) is 4.74 Å². The number of likely N-dealkylation sites (tertiary alicyclic amines) is 1. The molecule has 1 aliphatic carbocycles. The largest absolute Gasteiger partial charge is 0.464 e. The van der Waals surface area contributed by atoms with Gasteiger partial charge in [0.2, 0.25) is 21.8 Å². The molecule has 2 aliphatic rings. The maximum absolute atomic E-state index is 12.2. The van der Waals surface area contributed by atoms with Crippen LogP contribution in [0.3, 0.4) is 0 Å². The number of carbonyl (C=O) groups excluding carboxylic acids is 3. The van der Waals surface area contributed by atoms with E-state index in [1.54, 1.807) is 0 Å². The fourth-order valence-corrected chi connectivity index (χ4v) is 3.80. The highest BCUT2D eigenvalue weighted by atomic mass is 32.2. The van der Waals surface area contributed by atoms with Gasteiger partial charge in [0.05, 0.1) is 24.2 Å². The molecule has 0 aromatic heterocycles. The van der Waals surface area contributed by atoms with Crippen molar-refractivity contribution >= 4 is 27.8 Å². The molecule has 0 bridgehead atoms. The molecule has 130 valence electrons. The van der Waals surface area contributed by atoms with Gasteiger partial charge in [-0.25, -0.2) is 13.1 Å². The fourth-order valence-electron chi connectivity index (χ4n) is 3.10. The lowest BCUT2D eigenvalue weighted by molar-refractivity contribution is -0.153. The predicted octanol–water partition coefficient (Wildman–Crippen LogP) is -0.356. The molecule has 2 fully saturated rings. The van der Waals surface area contributed by atoms with E-state index in [1.807, 2.05) is 0 Å². The van der Waals surface area contributed by atoms with Crippen LogP contribution < -0.4 is 4.72 Å². The van der Waals surface area contributed by atoms with Gasteiger partial charge in [0.15, 0.2) is 0 Å². The number of nitrogens with one attached hydrogen (secondary N) is 1. The summed E-state index contributed by atoms with van der Waals surface area (Å²) in [5.74, 6) is -1.98. The molecule has 2 amide bonds. The van der Waals surface area contributed by atoms with E-state index in [0.717, 1.165) is 17.7 Å². The average molecular weight is 346 g/mol. The van der Waals surface area contributed by atoms with Crippen LogP contribution in [0.5, 0.6) is 0 Å². The number of sulfonamides is 1. The zero-order chi connectivity index (χ0) is 17.0. The lowest BCUT2D eigenvalue weighted by atomic mass is 9.81. The summed E-state index contributed by atoms with van der Waals surface area (Å²) in [6, 6.07) is 0. The van der Waals surface area contributed by atoms with Crippen LogP contribution in [0.4, 0.5) is 0 Å². The van der Waals surface area contributed by atoms with Gasteiger partial charge in [0, 0.05) is 0 Å². The van der Waals surface area contributed by atoms with Crippen LogP contribution in [0.15, 0.2) is 0 Å². The number of ether oxygens (including phenoxy) is 1. The lowest BCUT2D eigenvalue weighted by Crippen LogP contribution is -2.36. The summed E-state index contributed by atoms with van der Waals surface area (Å²) in [5, 5.41) is 0. The molecule has 0 unspecified atom stereocenters. The molecule has 1 saturated heterocycles. The first-order valence-electron chi connectivity index (χ1n) is 7.78. The van der Waals surface area contributed by atoms with Gasteiger partial charge in [-0.3, -0.25) is 19.3 Å². The number of rotatable bonds is 7. The van der Waals surface area contributed by atoms with E-state index in [-0.39, 0.29) is 49.0 Å². The summed E-state index contributed by atoms with van der Waals surface area (Å²) in [7, 11) is -2.02. The molecule has 9 heteroatoms. The number of hydrogen-bond acceptors (Lipinski definition) is 6. The normalized spacial score (nSPS) is 24.7. The Labute approximate surface area is 135 Å². The van der Waals surface area contributed by atoms with Crippen molar-refractivity contribution in [3.8, 4) is 0 Å². The summed E-state index contributed by atoms with van der Waals surface area (Å²) < 4.78 is 29.5. The van der Waals surface area contributed by atoms with Crippen LogP contribution >= 0.6 is 0 Å². The van der Waals surface area contributed by atoms with Gasteiger partial charge in [0.25, 0.3) is 0 Å².